The van der Waals surface area contributed by atoms with E-state index in [4.69, 9.17) is 0 Å². The van der Waals surface area contributed by atoms with Crippen molar-refractivity contribution in [1.29, 1.82) is 0 Å². The van der Waals surface area contributed by atoms with Crippen LogP contribution >= 0.6 is 11.8 Å². The van der Waals surface area contributed by atoms with Gasteiger partial charge in [-0.1, -0.05) is 19.4 Å². The van der Waals surface area contributed by atoms with Crippen molar-refractivity contribution in [1.82, 2.24) is 14.1 Å². The molecule has 0 unspecified atom stereocenters. The predicted molar refractivity (Wildman–Crippen MR) is 112 cm³/mol. The lowest BCUT2D eigenvalue weighted by Crippen LogP contribution is -2.37. The molecule has 0 radical (unpaired) electrons. The number of fused-ring (bicyclic) bond motifs is 1. The molecule has 29 heavy (non-hydrogen) atoms. The number of aromatic nitrogens is 3. The van der Waals surface area contributed by atoms with Gasteiger partial charge in [0.2, 0.25) is 5.91 Å². The summed E-state index contributed by atoms with van der Waals surface area (Å²) in [4.78, 5) is 42.3. The number of hydrogen-bond acceptors (Lipinski definition) is 5. The molecule has 1 amide bonds. The molecule has 0 saturated heterocycles. The highest BCUT2D eigenvalue weighted by Gasteiger charge is 2.18. The normalized spacial score (nSPS) is 11.0. The maximum absolute atomic E-state index is 13.3. The highest BCUT2D eigenvalue weighted by Crippen LogP contribution is 2.29. The van der Waals surface area contributed by atoms with Crippen LogP contribution in [-0.2, 0) is 25.3 Å². The maximum Gasteiger partial charge on any atom is 0.332 e. The zero-order chi connectivity index (χ0) is 21.1. The number of halogens is 1. The fourth-order valence-electron chi connectivity index (χ4n) is 3.05. The summed E-state index contributed by atoms with van der Waals surface area (Å²) in [5.41, 5.74) is 0.590. The predicted octanol–water partition coefficient (Wildman–Crippen LogP) is 2.45. The van der Waals surface area contributed by atoms with Crippen LogP contribution in [0.25, 0.3) is 11.0 Å². The third-order valence-electron chi connectivity index (χ3n) is 4.47. The Morgan fingerprint density at radius 2 is 2.00 bits per heavy atom. The zero-order valence-electron chi connectivity index (χ0n) is 16.4. The first-order chi connectivity index (χ1) is 13.8. The molecule has 0 atom stereocenters. The van der Waals surface area contributed by atoms with E-state index in [2.05, 4.69) is 10.3 Å². The molecule has 2 aromatic heterocycles. The fraction of sp³-hybridized carbons (Fsp3) is 0.300. The maximum atomic E-state index is 13.3. The molecule has 0 aliphatic heterocycles. The minimum Gasteiger partial charge on any atom is -0.325 e. The molecule has 1 N–H and O–H groups in total. The van der Waals surface area contributed by atoms with E-state index < -0.39 is 17.1 Å². The van der Waals surface area contributed by atoms with Gasteiger partial charge in [-0.2, -0.15) is 0 Å². The average molecular weight is 416 g/mol. The Morgan fingerprint density at radius 3 is 2.69 bits per heavy atom. The topological polar surface area (TPSA) is 86.0 Å². The number of rotatable bonds is 6. The molecule has 0 bridgehead atoms. The third-order valence-corrected chi connectivity index (χ3v) is 5.63. The number of benzene rings is 1. The number of hydrogen-bond donors (Lipinski definition) is 1. The van der Waals surface area contributed by atoms with Crippen molar-refractivity contribution in [3.63, 3.8) is 0 Å². The van der Waals surface area contributed by atoms with Crippen molar-refractivity contribution in [3.8, 4) is 0 Å². The largest absolute Gasteiger partial charge is 0.332 e. The summed E-state index contributed by atoms with van der Waals surface area (Å²) in [6.07, 6.45) is 3.17. The van der Waals surface area contributed by atoms with Gasteiger partial charge in [-0.15, -0.1) is 11.8 Å². The van der Waals surface area contributed by atoms with Crippen molar-refractivity contribution >= 4 is 34.4 Å². The lowest BCUT2D eigenvalue weighted by atomic mass is 10.1. The molecular formula is C20H21FN4O3S. The SMILES string of the molecule is CCCc1cnc2c(c1SCC(=O)Nc1cccc(F)c1)c(=O)n(C)c(=O)n2C. The smallest absolute Gasteiger partial charge is 0.325 e. The first-order valence-electron chi connectivity index (χ1n) is 9.09. The average Bonchev–Trinajstić information content (AvgIpc) is 2.69. The van der Waals surface area contributed by atoms with Crippen molar-refractivity contribution in [2.75, 3.05) is 11.1 Å². The van der Waals surface area contributed by atoms with E-state index in [0.29, 0.717) is 22.4 Å². The summed E-state index contributed by atoms with van der Waals surface area (Å²) in [6, 6.07) is 5.64. The van der Waals surface area contributed by atoms with Crippen LogP contribution in [0.15, 0.2) is 44.9 Å². The fourth-order valence-corrected chi connectivity index (χ4v) is 4.07. The number of thioether (sulfide) groups is 1. The Balaban J connectivity index is 1.98. The summed E-state index contributed by atoms with van der Waals surface area (Å²) >= 11 is 1.21. The van der Waals surface area contributed by atoms with Gasteiger partial charge in [0.25, 0.3) is 5.56 Å². The van der Waals surface area contributed by atoms with Crippen LogP contribution in [-0.4, -0.2) is 25.8 Å². The molecule has 0 saturated carbocycles. The van der Waals surface area contributed by atoms with Crippen LogP contribution in [0.2, 0.25) is 0 Å². The molecule has 9 heteroatoms. The van der Waals surface area contributed by atoms with Gasteiger partial charge in [0.1, 0.15) is 11.5 Å². The summed E-state index contributed by atoms with van der Waals surface area (Å²) in [5, 5.41) is 2.97. The Kier molecular flexibility index (Phi) is 6.17. The minimum atomic E-state index is -0.460. The molecular weight excluding hydrogens is 395 g/mol. The number of anilines is 1. The molecule has 2 heterocycles. The second-order valence-corrected chi connectivity index (χ2v) is 7.60. The van der Waals surface area contributed by atoms with E-state index in [-0.39, 0.29) is 17.3 Å². The van der Waals surface area contributed by atoms with Gasteiger partial charge in [0.05, 0.1) is 11.1 Å². The highest BCUT2D eigenvalue weighted by molar-refractivity contribution is 8.00. The Bertz CT molecular complexity index is 1200. The van der Waals surface area contributed by atoms with Crippen LogP contribution in [0, 0.1) is 5.82 Å². The minimum absolute atomic E-state index is 0.0261. The van der Waals surface area contributed by atoms with Crippen LogP contribution in [0.3, 0.4) is 0 Å². The second-order valence-electron chi connectivity index (χ2n) is 6.61. The summed E-state index contributed by atoms with van der Waals surface area (Å²) in [7, 11) is 2.98. The van der Waals surface area contributed by atoms with Crippen LogP contribution in [0.5, 0.6) is 0 Å². The Hall–Kier alpha value is -2.94. The van der Waals surface area contributed by atoms with Crippen LogP contribution in [0.1, 0.15) is 18.9 Å². The quantitative estimate of drug-likeness (QED) is 0.624. The standard InChI is InChI=1S/C20H21FN4O3S/c1-4-6-12-10-22-18-16(19(27)25(3)20(28)24(18)2)17(12)29-11-15(26)23-14-8-5-7-13(21)9-14/h5,7-10H,4,6,11H2,1-3H3,(H,23,26). The molecule has 0 fully saturated rings. The van der Waals surface area contributed by atoms with Crippen molar-refractivity contribution in [2.45, 2.75) is 24.7 Å². The number of pyridine rings is 1. The summed E-state index contributed by atoms with van der Waals surface area (Å²) in [6.45, 7) is 2.01. The summed E-state index contributed by atoms with van der Waals surface area (Å²) in [5.74, 6) is -0.738. The van der Waals surface area contributed by atoms with E-state index in [0.717, 1.165) is 16.6 Å². The van der Waals surface area contributed by atoms with Crippen molar-refractivity contribution in [2.24, 2.45) is 14.1 Å². The first-order valence-corrected chi connectivity index (χ1v) is 10.1. The van der Waals surface area contributed by atoms with Gasteiger partial charge in [-0.25, -0.2) is 14.2 Å². The monoisotopic (exact) mass is 416 g/mol. The Labute approximate surface area is 170 Å². The number of nitrogens with one attached hydrogen (secondary N) is 1. The molecule has 7 nitrogen and oxygen atoms in total. The molecule has 1 aromatic carbocycles. The van der Waals surface area contributed by atoms with Crippen molar-refractivity contribution in [3.05, 3.63) is 62.7 Å². The Morgan fingerprint density at radius 1 is 1.24 bits per heavy atom. The first kappa shape index (κ1) is 20.8. The third kappa shape index (κ3) is 4.24. The molecule has 0 spiro atoms. The van der Waals surface area contributed by atoms with Gasteiger partial charge >= 0.3 is 5.69 Å². The molecule has 152 valence electrons. The summed E-state index contributed by atoms with van der Waals surface area (Å²) < 4.78 is 15.7. The number of nitrogens with zero attached hydrogens (tertiary/aromatic N) is 3. The number of carbonyl (C=O) groups excluding carboxylic acids is 1. The molecule has 3 rings (SSSR count). The van der Waals surface area contributed by atoms with Gasteiger partial charge in [-0.3, -0.25) is 18.7 Å². The van der Waals surface area contributed by atoms with E-state index in [1.165, 1.54) is 41.6 Å². The number of aryl methyl sites for hydroxylation is 2. The molecule has 0 aliphatic rings. The van der Waals surface area contributed by atoms with E-state index in [1.807, 2.05) is 6.92 Å². The second kappa shape index (κ2) is 8.60. The van der Waals surface area contributed by atoms with E-state index in [1.54, 1.807) is 19.3 Å². The molecule has 3 aromatic rings. The van der Waals surface area contributed by atoms with E-state index >= 15 is 0 Å². The van der Waals surface area contributed by atoms with E-state index in [9.17, 15) is 18.8 Å². The van der Waals surface area contributed by atoms with Crippen molar-refractivity contribution < 1.29 is 9.18 Å². The van der Waals surface area contributed by atoms with Gasteiger partial charge in [0, 0.05) is 30.9 Å². The lowest BCUT2D eigenvalue weighted by Gasteiger charge is -2.14. The lowest BCUT2D eigenvalue weighted by molar-refractivity contribution is -0.113. The zero-order valence-corrected chi connectivity index (χ0v) is 17.2. The molecule has 0 aliphatic carbocycles. The van der Waals surface area contributed by atoms with Gasteiger partial charge in [-0.05, 0) is 30.2 Å². The highest BCUT2D eigenvalue weighted by atomic mass is 32.2. The number of carbonyl (C=O) groups is 1. The van der Waals surface area contributed by atoms with Crippen LogP contribution < -0.4 is 16.6 Å². The van der Waals surface area contributed by atoms with Gasteiger partial charge in [0.15, 0.2) is 0 Å². The van der Waals surface area contributed by atoms with Crippen LogP contribution in [0.4, 0.5) is 10.1 Å². The van der Waals surface area contributed by atoms with Gasteiger partial charge < -0.3 is 5.32 Å². The number of amides is 1.